The van der Waals surface area contributed by atoms with E-state index < -0.39 is 11.7 Å². The lowest BCUT2D eigenvalue weighted by Crippen LogP contribution is -2.32. The SMILES string of the molecule is CC(C)(C)c1ccc(C(=O)NCC(=O)Nc2cccc(F)c2)cc1. The molecule has 0 saturated carbocycles. The maximum absolute atomic E-state index is 13.0. The average molecular weight is 328 g/mol. The van der Waals surface area contributed by atoms with Crippen molar-refractivity contribution in [2.45, 2.75) is 26.2 Å². The Morgan fingerprint density at radius 2 is 1.71 bits per heavy atom. The first kappa shape index (κ1) is 17.7. The summed E-state index contributed by atoms with van der Waals surface area (Å²) in [6, 6.07) is 12.9. The van der Waals surface area contributed by atoms with Crippen LogP contribution in [0.25, 0.3) is 0 Å². The average Bonchev–Trinajstić information content (AvgIpc) is 2.52. The second kappa shape index (κ2) is 7.25. The predicted molar refractivity (Wildman–Crippen MR) is 92.5 cm³/mol. The molecule has 0 fully saturated rings. The van der Waals surface area contributed by atoms with E-state index in [0.717, 1.165) is 5.56 Å². The molecule has 2 N–H and O–H groups in total. The van der Waals surface area contributed by atoms with Crippen LogP contribution in [0.4, 0.5) is 10.1 Å². The third-order valence-corrected chi connectivity index (χ3v) is 3.53. The Kier molecular flexibility index (Phi) is 5.34. The van der Waals surface area contributed by atoms with Gasteiger partial charge < -0.3 is 10.6 Å². The molecule has 0 aliphatic heterocycles. The molecule has 0 bridgehead atoms. The van der Waals surface area contributed by atoms with Crippen molar-refractivity contribution in [3.05, 3.63) is 65.5 Å². The smallest absolute Gasteiger partial charge is 0.251 e. The molecule has 0 aliphatic rings. The maximum Gasteiger partial charge on any atom is 0.251 e. The Morgan fingerprint density at radius 3 is 2.29 bits per heavy atom. The van der Waals surface area contributed by atoms with E-state index >= 15 is 0 Å². The monoisotopic (exact) mass is 328 g/mol. The molecular formula is C19H21FN2O2. The van der Waals surface area contributed by atoms with Gasteiger partial charge in [-0.2, -0.15) is 0 Å². The second-order valence-electron chi connectivity index (χ2n) is 6.57. The number of carbonyl (C=O) groups excluding carboxylic acids is 2. The zero-order valence-electron chi connectivity index (χ0n) is 14.0. The highest BCUT2D eigenvalue weighted by atomic mass is 19.1. The minimum atomic E-state index is -0.434. The summed E-state index contributed by atoms with van der Waals surface area (Å²) < 4.78 is 13.0. The molecule has 0 spiro atoms. The quantitative estimate of drug-likeness (QED) is 0.902. The van der Waals surface area contributed by atoms with E-state index in [0.29, 0.717) is 11.3 Å². The highest BCUT2D eigenvalue weighted by Gasteiger charge is 2.14. The van der Waals surface area contributed by atoms with Crippen LogP contribution in [-0.2, 0) is 10.2 Å². The highest BCUT2D eigenvalue weighted by molar-refractivity contribution is 5.99. The van der Waals surface area contributed by atoms with Gasteiger partial charge in [-0.05, 0) is 41.3 Å². The summed E-state index contributed by atoms with van der Waals surface area (Å²) in [6.45, 7) is 6.10. The number of hydrogen-bond acceptors (Lipinski definition) is 2. The summed E-state index contributed by atoms with van der Waals surface area (Å²) in [5, 5.41) is 5.07. The van der Waals surface area contributed by atoms with Gasteiger partial charge in [-0.1, -0.05) is 39.0 Å². The molecule has 0 aliphatic carbocycles. The number of halogens is 1. The van der Waals surface area contributed by atoms with E-state index in [-0.39, 0.29) is 17.9 Å². The minimum Gasteiger partial charge on any atom is -0.343 e. The van der Waals surface area contributed by atoms with Crippen molar-refractivity contribution in [1.29, 1.82) is 0 Å². The van der Waals surface area contributed by atoms with Crippen molar-refractivity contribution in [3.63, 3.8) is 0 Å². The Bertz CT molecular complexity index is 734. The standard InChI is InChI=1S/C19H21FN2O2/c1-19(2,3)14-9-7-13(8-10-14)18(24)21-12-17(23)22-16-6-4-5-15(20)11-16/h4-11H,12H2,1-3H3,(H,21,24)(H,22,23). The third kappa shape index (κ3) is 4.91. The van der Waals surface area contributed by atoms with Gasteiger partial charge in [-0.15, -0.1) is 0 Å². The normalized spacial score (nSPS) is 11.0. The third-order valence-electron chi connectivity index (χ3n) is 3.53. The number of rotatable bonds is 4. The van der Waals surface area contributed by atoms with Crippen LogP contribution in [0.1, 0.15) is 36.7 Å². The predicted octanol–water partition coefficient (Wildman–Crippen LogP) is 3.49. The van der Waals surface area contributed by atoms with E-state index in [4.69, 9.17) is 0 Å². The molecule has 0 heterocycles. The van der Waals surface area contributed by atoms with E-state index in [1.807, 2.05) is 12.1 Å². The van der Waals surface area contributed by atoms with Gasteiger partial charge in [-0.3, -0.25) is 9.59 Å². The van der Waals surface area contributed by atoms with Crippen LogP contribution in [0.5, 0.6) is 0 Å². The van der Waals surface area contributed by atoms with Crippen molar-refractivity contribution < 1.29 is 14.0 Å². The number of hydrogen-bond donors (Lipinski definition) is 2. The summed E-state index contributed by atoms with van der Waals surface area (Å²) in [7, 11) is 0. The van der Waals surface area contributed by atoms with Gasteiger partial charge in [0, 0.05) is 11.3 Å². The van der Waals surface area contributed by atoms with Crippen LogP contribution in [-0.4, -0.2) is 18.4 Å². The van der Waals surface area contributed by atoms with E-state index in [1.54, 1.807) is 18.2 Å². The number of nitrogens with one attached hydrogen (secondary N) is 2. The molecule has 5 heteroatoms. The Labute approximate surface area is 141 Å². The maximum atomic E-state index is 13.0. The van der Waals surface area contributed by atoms with Gasteiger partial charge in [-0.25, -0.2) is 4.39 Å². The summed E-state index contributed by atoms with van der Waals surface area (Å²) in [5.41, 5.74) is 1.98. The van der Waals surface area contributed by atoms with Crippen LogP contribution in [0, 0.1) is 5.82 Å². The molecule has 2 aromatic rings. The zero-order valence-corrected chi connectivity index (χ0v) is 14.0. The number of amides is 2. The summed E-state index contributed by atoms with van der Waals surface area (Å²) >= 11 is 0. The van der Waals surface area contributed by atoms with Crippen molar-refractivity contribution in [2.24, 2.45) is 0 Å². The fourth-order valence-electron chi connectivity index (χ4n) is 2.16. The fraction of sp³-hybridized carbons (Fsp3) is 0.263. The number of benzene rings is 2. The Hall–Kier alpha value is -2.69. The fourth-order valence-corrected chi connectivity index (χ4v) is 2.16. The van der Waals surface area contributed by atoms with Gasteiger partial charge in [0.05, 0.1) is 6.54 Å². The van der Waals surface area contributed by atoms with Crippen molar-refractivity contribution in [1.82, 2.24) is 5.32 Å². The zero-order chi connectivity index (χ0) is 17.7. The first-order valence-electron chi connectivity index (χ1n) is 7.70. The molecule has 0 unspecified atom stereocenters. The number of anilines is 1. The van der Waals surface area contributed by atoms with Gasteiger partial charge >= 0.3 is 0 Å². The molecule has 0 saturated heterocycles. The Morgan fingerprint density at radius 1 is 1.04 bits per heavy atom. The van der Waals surface area contributed by atoms with Crippen molar-refractivity contribution in [3.8, 4) is 0 Å². The van der Waals surface area contributed by atoms with Crippen LogP contribution in [0.15, 0.2) is 48.5 Å². The summed E-state index contributed by atoms with van der Waals surface area (Å²) in [4.78, 5) is 23.9. The lowest BCUT2D eigenvalue weighted by atomic mass is 9.87. The largest absolute Gasteiger partial charge is 0.343 e. The van der Waals surface area contributed by atoms with Crippen LogP contribution in [0.2, 0.25) is 0 Å². The molecule has 2 rings (SSSR count). The van der Waals surface area contributed by atoms with Gasteiger partial charge in [0.1, 0.15) is 5.82 Å². The van der Waals surface area contributed by atoms with E-state index in [9.17, 15) is 14.0 Å². The summed E-state index contributed by atoms with van der Waals surface area (Å²) in [6.07, 6.45) is 0. The van der Waals surface area contributed by atoms with E-state index in [1.165, 1.54) is 18.2 Å². The molecule has 0 radical (unpaired) electrons. The molecule has 24 heavy (non-hydrogen) atoms. The lowest BCUT2D eigenvalue weighted by molar-refractivity contribution is -0.115. The molecule has 2 amide bonds. The lowest BCUT2D eigenvalue weighted by Gasteiger charge is -2.19. The first-order valence-corrected chi connectivity index (χ1v) is 7.70. The van der Waals surface area contributed by atoms with Crippen molar-refractivity contribution >= 4 is 17.5 Å². The molecule has 0 atom stereocenters. The Balaban J connectivity index is 1.89. The first-order chi connectivity index (χ1) is 11.3. The second-order valence-corrected chi connectivity index (χ2v) is 6.57. The number of carbonyl (C=O) groups is 2. The van der Waals surface area contributed by atoms with Gasteiger partial charge in [0.25, 0.3) is 5.91 Å². The van der Waals surface area contributed by atoms with Gasteiger partial charge in [0.15, 0.2) is 0 Å². The van der Waals surface area contributed by atoms with Crippen LogP contribution >= 0.6 is 0 Å². The van der Waals surface area contributed by atoms with Crippen molar-refractivity contribution in [2.75, 3.05) is 11.9 Å². The van der Waals surface area contributed by atoms with Gasteiger partial charge in [0.2, 0.25) is 5.91 Å². The molecule has 0 aromatic heterocycles. The molecule has 126 valence electrons. The molecular weight excluding hydrogens is 307 g/mol. The molecule has 2 aromatic carbocycles. The van der Waals surface area contributed by atoms with Crippen LogP contribution < -0.4 is 10.6 Å². The minimum absolute atomic E-state index is 0.0137. The highest BCUT2D eigenvalue weighted by Crippen LogP contribution is 2.22. The summed E-state index contributed by atoms with van der Waals surface area (Å²) in [5.74, 6) is -1.18. The van der Waals surface area contributed by atoms with E-state index in [2.05, 4.69) is 31.4 Å². The van der Waals surface area contributed by atoms with Crippen LogP contribution in [0.3, 0.4) is 0 Å². The molecule has 4 nitrogen and oxygen atoms in total. The topological polar surface area (TPSA) is 58.2 Å².